The van der Waals surface area contributed by atoms with Crippen LogP contribution >= 0.6 is 0 Å². The van der Waals surface area contributed by atoms with Crippen molar-refractivity contribution in [1.82, 2.24) is 0 Å². The largest absolute Gasteiger partial charge is 0.488 e. The second-order valence-electron chi connectivity index (χ2n) is 12.6. The summed E-state index contributed by atoms with van der Waals surface area (Å²) in [6.45, 7) is 5.93. The molecule has 0 radical (unpaired) electrons. The van der Waals surface area contributed by atoms with Gasteiger partial charge in [-0.05, 0) is 45.9 Å². The van der Waals surface area contributed by atoms with E-state index in [1.807, 2.05) is 112 Å². The van der Waals surface area contributed by atoms with Crippen LogP contribution in [0.4, 0.5) is 0 Å². The highest BCUT2D eigenvalue weighted by molar-refractivity contribution is 5.92. The summed E-state index contributed by atoms with van der Waals surface area (Å²) in [6, 6.07) is 36.5. The van der Waals surface area contributed by atoms with E-state index in [1.54, 1.807) is 24.3 Å². The molecule has 5 aromatic rings. The molecule has 0 aliphatic rings. The normalized spacial score (nSPS) is 11.8. The lowest BCUT2D eigenvalue weighted by molar-refractivity contribution is -0.114. The molecule has 8 nitrogen and oxygen atoms in total. The Bertz CT molecular complexity index is 1850. The molecule has 0 aromatic heterocycles. The van der Waals surface area contributed by atoms with Gasteiger partial charge in [0.05, 0.1) is 23.3 Å². The van der Waals surface area contributed by atoms with Crippen LogP contribution in [0.15, 0.2) is 121 Å². The third kappa shape index (κ3) is 9.34. The third-order valence-electron chi connectivity index (χ3n) is 7.76. The predicted molar refractivity (Wildman–Crippen MR) is 185 cm³/mol. The van der Waals surface area contributed by atoms with Gasteiger partial charge in [-0.25, -0.2) is 9.59 Å². The quantitative estimate of drug-likeness (QED) is 0.0902. The van der Waals surface area contributed by atoms with Crippen molar-refractivity contribution in [3.8, 4) is 11.5 Å². The van der Waals surface area contributed by atoms with Crippen LogP contribution in [0.5, 0.6) is 11.5 Å². The van der Waals surface area contributed by atoms with Gasteiger partial charge >= 0.3 is 11.9 Å². The van der Waals surface area contributed by atoms with E-state index in [9.17, 15) is 19.8 Å². The van der Waals surface area contributed by atoms with E-state index >= 15 is 0 Å². The number of carboxylic acid groups (broad SMARTS) is 1. The van der Waals surface area contributed by atoms with Gasteiger partial charge in [-0.3, -0.25) is 0 Å². The minimum atomic E-state index is -1.59. The molecule has 0 spiro atoms. The summed E-state index contributed by atoms with van der Waals surface area (Å²) >= 11 is 0. The summed E-state index contributed by atoms with van der Waals surface area (Å²) in [6.07, 6.45) is -1.59. The number of aliphatic hydroxyl groups excluding tert-OH is 1. The average molecular weight is 661 g/mol. The number of carbonyl (C=O) groups is 2. The molecule has 2 N–H and O–H groups in total. The zero-order chi connectivity index (χ0) is 34.8. The Balaban J connectivity index is 1.47. The maximum Gasteiger partial charge on any atom is 0.338 e. The summed E-state index contributed by atoms with van der Waals surface area (Å²) in [5, 5.41) is 22.1. The summed E-state index contributed by atoms with van der Waals surface area (Å²) in [5.74, 6) is -1.36. The first-order valence-corrected chi connectivity index (χ1v) is 16.0. The number of aromatic carboxylic acids is 1. The highest BCUT2D eigenvalue weighted by Gasteiger charge is 2.34. The Labute approximate surface area is 286 Å². The Morgan fingerprint density at radius 1 is 0.653 bits per heavy atom. The van der Waals surface area contributed by atoms with Crippen molar-refractivity contribution in [2.45, 2.75) is 58.9 Å². The Morgan fingerprint density at radius 3 is 1.73 bits per heavy atom. The number of carboxylic acids is 1. The number of aliphatic hydroxyl groups is 1. The van der Waals surface area contributed by atoms with Crippen LogP contribution in [0.25, 0.3) is 0 Å². The number of ether oxygens (including phenoxy) is 4. The van der Waals surface area contributed by atoms with Crippen molar-refractivity contribution in [3.63, 3.8) is 0 Å². The van der Waals surface area contributed by atoms with Crippen molar-refractivity contribution in [2.24, 2.45) is 0 Å². The summed E-state index contributed by atoms with van der Waals surface area (Å²) < 4.78 is 24.1. The van der Waals surface area contributed by atoms with Crippen LogP contribution in [-0.4, -0.2) is 22.2 Å². The molecule has 0 saturated heterocycles. The van der Waals surface area contributed by atoms with Crippen LogP contribution < -0.4 is 9.47 Å². The minimum Gasteiger partial charge on any atom is -0.488 e. The Kier molecular flexibility index (Phi) is 11.5. The lowest BCUT2D eigenvalue weighted by atomic mass is 9.81. The molecule has 252 valence electrons. The molecule has 49 heavy (non-hydrogen) atoms. The highest BCUT2D eigenvalue weighted by Crippen LogP contribution is 2.45. The maximum atomic E-state index is 12.8. The van der Waals surface area contributed by atoms with E-state index in [2.05, 4.69) is 0 Å². The lowest BCUT2D eigenvalue weighted by Gasteiger charge is -2.30. The molecule has 0 heterocycles. The first kappa shape index (κ1) is 34.9. The topological polar surface area (TPSA) is 112 Å². The molecule has 0 bridgehead atoms. The molecule has 0 saturated carbocycles. The van der Waals surface area contributed by atoms with Gasteiger partial charge in [-0.1, -0.05) is 124 Å². The predicted octanol–water partition coefficient (Wildman–Crippen LogP) is 8.41. The number of carbonyl (C=O) groups excluding carboxylic acids is 1. The third-order valence-corrected chi connectivity index (χ3v) is 7.76. The molecule has 8 heteroatoms. The molecule has 5 rings (SSSR count). The number of benzene rings is 5. The number of hydrogen-bond acceptors (Lipinski definition) is 7. The molecule has 0 aliphatic carbocycles. The lowest BCUT2D eigenvalue weighted by Crippen LogP contribution is -2.22. The number of rotatable bonds is 14. The van der Waals surface area contributed by atoms with Gasteiger partial charge < -0.3 is 29.2 Å². The van der Waals surface area contributed by atoms with Crippen molar-refractivity contribution in [1.29, 1.82) is 0 Å². The first-order valence-electron chi connectivity index (χ1n) is 16.0. The highest BCUT2D eigenvalue weighted by atomic mass is 16.6. The van der Waals surface area contributed by atoms with Crippen LogP contribution in [0.1, 0.15) is 81.2 Å². The zero-order valence-electron chi connectivity index (χ0n) is 27.8. The fourth-order valence-corrected chi connectivity index (χ4v) is 5.38. The van der Waals surface area contributed by atoms with Crippen LogP contribution in [0.3, 0.4) is 0 Å². The minimum absolute atomic E-state index is 0.00344. The van der Waals surface area contributed by atoms with Crippen molar-refractivity contribution in [2.75, 3.05) is 0 Å². The van der Waals surface area contributed by atoms with Gasteiger partial charge in [-0.15, -0.1) is 0 Å². The van der Waals surface area contributed by atoms with Crippen molar-refractivity contribution in [3.05, 3.63) is 166 Å². The van der Waals surface area contributed by atoms with Gasteiger partial charge in [0.1, 0.15) is 31.3 Å². The monoisotopic (exact) mass is 660 g/mol. The molecular formula is C41H40O8. The maximum absolute atomic E-state index is 12.8. The average Bonchev–Trinajstić information content (AvgIpc) is 3.11. The van der Waals surface area contributed by atoms with E-state index in [0.717, 1.165) is 16.7 Å². The van der Waals surface area contributed by atoms with Gasteiger partial charge in [0.25, 0.3) is 0 Å². The molecule has 1 unspecified atom stereocenters. The summed E-state index contributed by atoms with van der Waals surface area (Å²) in [5.41, 5.74) is 3.38. The summed E-state index contributed by atoms with van der Waals surface area (Å²) in [7, 11) is 0. The van der Waals surface area contributed by atoms with E-state index < -0.39 is 23.6 Å². The standard InChI is InChI=1S/C41H40O8/c1-41(2,3)36-33(38(42)43)23-34(46-24-28-14-7-4-8-15-28)35(37(36)47-25-29-16-9-5-10-17-29)40(45)49-27-31-20-13-21-32(22-31)39(44)48-26-30-18-11-6-12-19-30/h4-23,40,45H,24-27H2,1-3H3,(H,42,43). The molecule has 5 aromatic carbocycles. The Hall–Kier alpha value is -5.44. The van der Waals surface area contributed by atoms with Gasteiger partial charge in [0.15, 0.2) is 6.29 Å². The SMILES string of the molecule is CC(C)(C)c1c(C(=O)O)cc(OCc2ccccc2)c(C(O)OCc2cccc(C(=O)OCc3ccccc3)c2)c1OCc1ccccc1. The van der Waals surface area contributed by atoms with E-state index in [0.29, 0.717) is 16.7 Å². The fourth-order valence-electron chi connectivity index (χ4n) is 5.38. The number of esters is 1. The van der Waals surface area contributed by atoms with Crippen LogP contribution in [0.2, 0.25) is 0 Å². The first-order chi connectivity index (χ1) is 23.6. The van der Waals surface area contributed by atoms with Gasteiger partial charge in [0, 0.05) is 5.56 Å². The molecule has 0 fully saturated rings. The number of hydrogen-bond donors (Lipinski definition) is 2. The van der Waals surface area contributed by atoms with Crippen LogP contribution in [0, 0.1) is 0 Å². The van der Waals surface area contributed by atoms with Crippen molar-refractivity contribution >= 4 is 11.9 Å². The second kappa shape index (κ2) is 16.1. The van der Waals surface area contributed by atoms with E-state index in [4.69, 9.17) is 18.9 Å². The molecule has 0 amide bonds. The zero-order valence-corrected chi connectivity index (χ0v) is 27.8. The second-order valence-corrected chi connectivity index (χ2v) is 12.6. The van der Waals surface area contributed by atoms with Crippen molar-refractivity contribution < 1.29 is 38.7 Å². The fraction of sp³-hybridized carbons (Fsp3) is 0.220. The van der Waals surface area contributed by atoms with Gasteiger partial charge in [-0.2, -0.15) is 0 Å². The molecule has 0 aliphatic heterocycles. The Morgan fingerprint density at radius 2 is 1.18 bits per heavy atom. The summed E-state index contributed by atoms with van der Waals surface area (Å²) in [4.78, 5) is 25.5. The molecule has 1 atom stereocenters. The van der Waals surface area contributed by atoms with E-state index in [-0.39, 0.29) is 49.1 Å². The van der Waals surface area contributed by atoms with Crippen LogP contribution in [-0.2, 0) is 41.3 Å². The molecular weight excluding hydrogens is 620 g/mol. The smallest absolute Gasteiger partial charge is 0.338 e. The van der Waals surface area contributed by atoms with E-state index in [1.165, 1.54) is 6.07 Å². The van der Waals surface area contributed by atoms with Gasteiger partial charge in [0.2, 0.25) is 0 Å².